The molecule has 0 amide bonds. The van der Waals surface area contributed by atoms with Crippen molar-refractivity contribution in [2.75, 3.05) is 7.11 Å². The van der Waals surface area contributed by atoms with Crippen LogP contribution in [0.3, 0.4) is 0 Å². The van der Waals surface area contributed by atoms with E-state index in [0.717, 1.165) is 10.1 Å². The number of carbonyl (C=O) groups excluding carboxylic acids is 1. The predicted molar refractivity (Wildman–Crippen MR) is 86.1 cm³/mol. The lowest BCUT2D eigenvalue weighted by atomic mass is 10.0. The average molecular weight is 317 g/mol. The molecule has 2 aromatic rings. The van der Waals surface area contributed by atoms with E-state index in [-0.39, 0.29) is 11.2 Å². The van der Waals surface area contributed by atoms with E-state index in [9.17, 15) is 14.4 Å². The second kappa shape index (κ2) is 6.62. The highest BCUT2D eigenvalue weighted by atomic mass is 16.5. The molecule has 1 aromatic heterocycles. The van der Waals surface area contributed by atoms with E-state index in [4.69, 9.17) is 5.73 Å². The zero-order chi connectivity index (χ0) is 17.1. The van der Waals surface area contributed by atoms with Crippen molar-refractivity contribution >= 4 is 5.97 Å². The summed E-state index contributed by atoms with van der Waals surface area (Å²) in [7, 11) is 4.33. The Morgan fingerprint density at radius 2 is 1.83 bits per heavy atom. The van der Waals surface area contributed by atoms with Gasteiger partial charge in [-0.05, 0) is 17.5 Å². The van der Waals surface area contributed by atoms with Crippen molar-refractivity contribution in [3.63, 3.8) is 0 Å². The molecule has 23 heavy (non-hydrogen) atoms. The zero-order valence-corrected chi connectivity index (χ0v) is 13.3. The number of hydrogen-bond donors (Lipinski definition) is 1. The van der Waals surface area contributed by atoms with Crippen molar-refractivity contribution in [2.24, 2.45) is 19.8 Å². The number of esters is 1. The lowest BCUT2D eigenvalue weighted by molar-refractivity contribution is -0.142. The molecule has 122 valence electrons. The highest BCUT2D eigenvalue weighted by molar-refractivity contribution is 5.75. The van der Waals surface area contributed by atoms with Gasteiger partial charge in [-0.1, -0.05) is 24.3 Å². The second-order valence-electron chi connectivity index (χ2n) is 5.33. The minimum absolute atomic E-state index is 0.345. The second-order valence-corrected chi connectivity index (χ2v) is 5.33. The molecule has 0 spiro atoms. The van der Waals surface area contributed by atoms with E-state index in [1.807, 2.05) is 0 Å². The molecule has 1 unspecified atom stereocenters. The van der Waals surface area contributed by atoms with E-state index in [1.165, 1.54) is 24.9 Å². The first-order valence-corrected chi connectivity index (χ1v) is 7.04. The zero-order valence-electron chi connectivity index (χ0n) is 13.3. The third-order valence-electron chi connectivity index (χ3n) is 3.67. The number of benzene rings is 1. The molecule has 0 bridgehead atoms. The summed E-state index contributed by atoms with van der Waals surface area (Å²) >= 11 is 0. The predicted octanol–water partition coefficient (Wildman–Crippen LogP) is -0.206. The summed E-state index contributed by atoms with van der Waals surface area (Å²) in [5.74, 6) is -0.471. The molecule has 0 saturated carbocycles. The van der Waals surface area contributed by atoms with Gasteiger partial charge in [0, 0.05) is 20.3 Å². The van der Waals surface area contributed by atoms with Crippen LogP contribution in [0.25, 0.3) is 11.1 Å². The standard InChI is InChI=1S/C16H19N3O4/c1-18-9-12(14(20)19(2)16(18)22)11-6-4-10(5-7-11)8-13(17)15(21)23-3/h4-7,9,13H,8,17H2,1-3H3. The van der Waals surface area contributed by atoms with Crippen molar-refractivity contribution in [2.45, 2.75) is 12.5 Å². The minimum atomic E-state index is -0.726. The topological polar surface area (TPSA) is 96.3 Å². The van der Waals surface area contributed by atoms with Gasteiger partial charge in [-0.25, -0.2) is 4.79 Å². The van der Waals surface area contributed by atoms with Crippen LogP contribution in [0.4, 0.5) is 0 Å². The quantitative estimate of drug-likeness (QED) is 0.787. The van der Waals surface area contributed by atoms with Crippen LogP contribution in [0.2, 0.25) is 0 Å². The van der Waals surface area contributed by atoms with Gasteiger partial charge < -0.3 is 15.0 Å². The third-order valence-corrected chi connectivity index (χ3v) is 3.67. The van der Waals surface area contributed by atoms with Gasteiger partial charge in [-0.15, -0.1) is 0 Å². The first-order valence-electron chi connectivity index (χ1n) is 7.04. The maximum atomic E-state index is 12.2. The summed E-state index contributed by atoms with van der Waals surface area (Å²) in [5, 5.41) is 0. The largest absolute Gasteiger partial charge is 0.468 e. The Hall–Kier alpha value is -2.67. The number of carbonyl (C=O) groups is 1. The molecular formula is C16H19N3O4. The summed E-state index contributed by atoms with van der Waals surface area (Å²) in [6.07, 6.45) is 1.86. The fraction of sp³-hybridized carbons (Fsp3) is 0.312. The lowest BCUT2D eigenvalue weighted by Gasteiger charge is -2.10. The van der Waals surface area contributed by atoms with Crippen LogP contribution in [0, 0.1) is 0 Å². The van der Waals surface area contributed by atoms with Crippen LogP contribution in [0.15, 0.2) is 40.1 Å². The molecule has 7 heteroatoms. The van der Waals surface area contributed by atoms with Gasteiger partial charge in [-0.3, -0.25) is 14.2 Å². The van der Waals surface area contributed by atoms with Crippen molar-refractivity contribution in [3.05, 3.63) is 56.9 Å². The molecule has 0 aliphatic rings. The Morgan fingerprint density at radius 1 is 1.22 bits per heavy atom. The van der Waals surface area contributed by atoms with Crippen LogP contribution in [0.5, 0.6) is 0 Å². The average Bonchev–Trinajstić information content (AvgIpc) is 2.56. The highest BCUT2D eigenvalue weighted by Crippen LogP contribution is 2.16. The molecule has 2 N–H and O–H groups in total. The fourth-order valence-electron chi connectivity index (χ4n) is 2.32. The number of ether oxygens (including phenoxy) is 1. The molecule has 7 nitrogen and oxygen atoms in total. The van der Waals surface area contributed by atoms with E-state index < -0.39 is 12.0 Å². The maximum Gasteiger partial charge on any atom is 0.330 e. The Bertz CT molecular complexity index is 834. The summed E-state index contributed by atoms with van der Waals surface area (Å²) in [5.41, 5.74) is 6.97. The van der Waals surface area contributed by atoms with Crippen molar-refractivity contribution in [1.29, 1.82) is 0 Å². The van der Waals surface area contributed by atoms with Gasteiger partial charge >= 0.3 is 11.7 Å². The van der Waals surface area contributed by atoms with Crippen LogP contribution in [-0.2, 0) is 30.0 Å². The van der Waals surface area contributed by atoms with Gasteiger partial charge in [0.2, 0.25) is 0 Å². The smallest absolute Gasteiger partial charge is 0.330 e. The van der Waals surface area contributed by atoms with E-state index in [1.54, 1.807) is 31.3 Å². The lowest BCUT2D eigenvalue weighted by Crippen LogP contribution is -2.37. The molecule has 2 rings (SSSR count). The highest BCUT2D eigenvalue weighted by Gasteiger charge is 2.14. The molecular weight excluding hydrogens is 298 g/mol. The van der Waals surface area contributed by atoms with Crippen LogP contribution in [-0.4, -0.2) is 28.3 Å². The number of nitrogens with zero attached hydrogens (tertiary/aromatic N) is 2. The number of methoxy groups -OCH3 is 1. The summed E-state index contributed by atoms with van der Waals surface area (Å²) in [6.45, 7) is 0. The van der Waals surface area contributed by atoms with E-state index in [2.05, 4.69) is 4.74 Å². The number of nitrogens with two attached hydrogens (primary N) is 1. The Labute approximate surface area is 132 Å². The normalized spacial score (nSPS) is 12.0. The van der Waals surface area contributed by atoms with E-state index >= 15 is 0 Å². The maximum absolute atomic E-state index is 12.2. The molecule has 0 aliphatic carbocycles. The SMILES string of the molecule is COC(=O)C(N)Cc1ccc(-c2cn(C)c(=O)n(C)c2=O)cc1. The molecule has 1 heterocycles. The van der Waals surface area contributed by atoms with Crippen LogP contribution >= 0.6 is 0 Å². The molecule has 1 atom stereocenters. The van der Waals surface area contributed by atoms with Crippen molar-refractivity contribution in [1.82, 2.24) is 9.13 Å². The Morgan fingerprint density at radius 3 is 2.39 bits per heavy atom. The Kier molecular flexibility index (Phi) is 4.80. The first kappa shape index (κ1) is 16.7. The van der Waals surface area contributed by atoms with Gasteiger partial charge in [0.05, 0.1) is 12.7 Å². The van der Waals surface area contributed by atoms with Gasteiger partial charge in [0.25, 0.3) is 5.56 Å². The number of aromatic nitrogens is 2. The molecule has 1 aromatic carbocycles. The monoisotopic (exact) mass is 317 g/mol. The Balaban J connectivity index is 2.32. The molecule has 0 saturated heterocycles. The van der Waals surface area contributed by atoms with Crippen LogP contribution in [0.1, 0.15) is 5.56 Å². The molecule has 0 radical (unpaired) electrons. The minimum Gasteiger partial charge on any atom is -0.468 e. The molecule has 0 fully saturated rings. The van der Waals surface area contributed by atoms with Crippen molar-refractivity contribution in [3.8, 4) is 11.1 Å². The number of aryl methyl sites for hydroxylation is 1. The molecule has 0 aliphatic heterocycles. The fourth-order valence-corrected chi connectivity index (χ4v) is 2.32. The van der Waals surface area contributed by atoms with Gasteiger partial charge in [-0.2, -0.15) is 0 Å². The van der Waals surface area contributed by atoms with Gasteiger partial charge in [0.15, 0.2) is 0 Å². The van der Waals surface area contributed by atoms with Gasteiger partial charge in [0.1, 0.15) is 6.04 Å². The third kappa shape index (κ3) is 3.40. The number of rotatable bonds is 4. The summed E-state index contributed by atoms with van der Waals surface area (Å²) in [6, 6.07) is 6.39. The summed E-state index contributed by atoms with van der Waals surface area (Å²) < 4.78 is 7.01. The van der Waals surface area contributed by atoms with Crippen molar-refractivity contribution < 1.29 is 9.53 Å². The van der Waals surface area contributed by atoms with Crippen LogP contribution < -0.4 is 17.0 Å². The van der Waals surface area contributed by atoms with E-state index in [0.29, 0.717) is 17.5 Å². The number of hydrogen-bond acceptors (Lipinski definition) is 5. The summed E-state index contributed by atoms with van der Waals surface area (Å²) in [4.78, 5) is 35.2. The first-order chi connectivity index (χ1) is 10.8.